The second-order valence-electron chi connectivity index (χ2n) is 8.10. The molecule has 190 valence electrons. The minimum Gasteiger partial charge on any atom is -0.495 e. The zero-order valence-corrected chi connectivity index (χ0v) is 21.8. The van der Waals surface area contributed by atoms with Gasteiger partial charge in [-0.2, -0.15) is 0 Å². The smallest absolute Gasteiger partial charge is 0.264 e. The fourth-order valence-electron chi connectivity index (χ4n) is 3.59. The number of sulfonamides is 1. The molecule has 4 aromatic rings. The maximum atomic E-state index is 13.7. The normalized spacial score (nSPS) is 11.0. The highest BCUT2D eigenvalue weighted by molar-refractivity contribution is 7.92. The summed E-state index contributed by atoms with van der Waals surface area (Å²) in [6.45, 7) is 1.32. The number of hydrogen-bond acceptors (Lipinski definition) is 5. The van der Waals surface area contributed by atoms with Gasteiger partial charge in [0.25, 0.3) is 10.0 Å². The fraction of sp³-hybridized carbons (Fsp3) is 0.107. The summed E-state index contributed by atoms with van der Waals surface area (Å²) in [4.78, 5) is 13.3. The number of methoxy groups -OCH3 is 1. The van der Waals surface area contributed by atoms with Crippen molar-refractivity contribution < 1.29 is 22.7 Å². The molecule has 4 rings (SSSR count). The van der Waals surface area contributed by atoms with E-state index in [9.17, 15) is 13.2 Å². The first kappa shape index (κ1) is 26.1. The van der Waals surface area contributed by atoms with Crippen LogP contribution >= 0.6 is 11.6 Å². The second-order valence-corrected chi connectivity index (χ2v) is 10.4. The molecule has 0 saturated heterocycles. The maximum Gasteiger partial charge on any atom is 0.264 e. The van der Waals surface area contributed by atoms with Crippen molar-refractivity contribution in [1.82, 2.24) is 0 Å². The summed E-state index contributed by atoms with van der Waals surface area (Å²) in [7, 11) is -2.75. The highest BCUT2D eigenvalue weighted by Gasteiger charge is 2.30. The van der Waals surface area contributed by atoms with Crippen molar-refractivity contribution in [2.45, 2.75) is 11.8 Å². The van der Waals surface area contributed by atoms with Gasteiger partial charge < -0.3 is 14.8 Å². The summed E-state index contributed by atoms with van der Waals surface area (Å²) in [6, 6.07) is 27.0. The average Bonchev–Trinajstić information content (AvgIpc) is 2.89. The van der Waals surface area contributed by atoms with E-state index in [0.29, 0.717) is 22.2 Å². The molecule has 0 aliphatic carbocycles. The Hall–Kier alpha value is -4.01. The SMILES string of the molecule is COc1ccc(Cl)cc1N(CC(=O)Nc1ccccc1Oc1ccccc1)S(=O)(=O)c1ccc(C)cc1. The molecule has 1 N–H and O–H groups in total. The first-order valence-electron chi connectivity index (χ1n) is 11.3. The van der Waals surface area contributed by atoms with Crippen LogP contribution in [0.2, 0.25) is 5.02 Å². The molecule has 7 nitrogen and oxygen atoms in total. The number of amides is 1. The molecular formula is C28H25ClN2O5S. The first-order chi connectivity index (χ1) is 17.8. The van der Waals surface area contributed by atoms with Crippen molar-refractivity contribution in [3.8, 4) is 17.2 Å². The summed E-state index contributed by atoms with van der Waals surface area (Å²) in [5.74, 6) is 0.675. The van der Waals surface area contributed by atoms with Gasteiger partial charge in [0.1, 0.15) is 18.0 Å². The largest absolute Gasteiger partial charge is 0.495 e. The van der Waals surface area contributed by atoms with Crippen LogP contribution in [0.15, 0.2) is 102 Å². The Bertz CT molecular complexity index is 1490. The number of hydrogen-bond donors (Lipinski definition) is 1. The van der Waals surface area contributed by atoms with Crippen LogP contribution in [0.3, 0.4) is 0 Å². The van der Waals surface area contributed by atoms with Crippen LogP contribution in [0, 0.1) is 6.92 Å². The van der Waals surface area contributed by atoms with E-state index in [1.54, 1.807) is 60.7 Å². The molecule has 0 aliphatic heterocycles. The topological polar surface area (TPSA) is 84.9 Å². The van der Waals surface area contributed by atoms with Gasteiger partial charge in [0.05, 0.1) is 23.4 Å². The van der Waals surface area contributed by atoms with E-state index in [2.05, 4.69) is 5.32 Å². The van der Waals surface area contributed by atoms with Gasteiger partial charge in [0.2, 0.25) is 5.91 Å². The van der Waals surface area contributed by atoms with Gasteiger partial charge in [-0.15, -0.1) is 0 Å². The fourth-order valence-corrected chi connectivity index (χ4v) is 5.18. The summed E-state index contributed by atoms with van der Waals surface area (Å²) < 4.78 is 39.8. The monoisotopic (exact) mass is 536 g/mol. The zero-order valence-electron chi connectivity index (χ0n) is 20.2. The second kappa shape index (κ2) is 11.4. The highest BCUT2D eigenvalue weighted by Crippen LogP contribution is 2.35. The minimum atomic E-state index is -4.16. The summed E-state index contributed by atoms with van der Waals surface area (Å²) in [6.07, 6.45) is 0. The third kappa shape index (κ3) is 6.22. The van der Waals surface area contributed by atoms with Gasteiger partial charge in [-0.3, -0.25) is 9.10 Å². The lowest BCUT2D eigenvalue weighted by Crippen LogP contribution is -2.38. The molecule has 0 saturated carbocycles. The van der Waals surface area contributed by atoms with Crippen LogP contribution in [0.4, 0.5) is 11.4 Å². The number of anilines is 2. The molecule has 37 heavy (non-hydrogen) atoms. The number of nitrogens with one attached hydrogen (secondary N) is 1. The van der Waals surface area contributed by atoms with Crippen molar-refractivity contribution in [3.63, 3.8) is 0 Å². The van der Waals surface area contributed by atoms with Crippen molar-refractivity contribution in [1.29, 1.82) is 0 Å². The summed E-state index contributed by atoms with van der Waals surface area (Å²) in [5, 5.41) is 3.07. The minimum absolute atomic E-state index is 0.0285. The van der Waals surface area contributed by atoms with Crippen molar-refractivity contribution in [3.05, 3.63) is 108 Å². The molecule has 0 bridgehead atoms. The molecule has 4 aromatic carbocycles. The molecular weight excluding hydrogens is 512 g/mol. The zero-order chi connectivity index (χ0) is 26.4. The van der Waals surface area contributed by atoms with Crippen LogP contribution in [0.25, 0.3) is 0 Å². The molecule has 0 heterocycles. The Kier molecular flexibility index (Phi) is 8.01. The average molecular weight is 537 g/mol. The van der Waals surface area contributed by atoms with E-state index in [4.69, 9.17) is 21.1 Å². The lowest BCUT2D eigenvalue weighted by Gasteiger charge is -2.26. The number of carbonyl (C=O) groups is 1. The number of benzene rings is 4. The molecule has 0 aliphatic rings. The van der Waals surface area contributed by atoms with E-state index < -0.39 is 22.5 Å². The number of carbonyl (C=O) groups excluding carboxylic acids is 1. The van der Waals surface area contributed by atoms with E-state index >= 15 is 0 Å². The molecule has 1 amide bonds. The van der Waals surface area contributed by atoms with Gasteiger partial charge in [0.15, 0.2) is 5.75 Å². The first-order valence-corrected chi connectivity index (χ1v) is 13.1. The Balaban J connectivity index is 1.68. The van der Waals surface area contributed by atoms with Crippen LogP contribution in [0.5, 0.6) is 17.2 Å². The number of rotatable bonds is 9. The molecule has 0 spiro atoms. The predicted octanol–water partition coefficient (Wildman–Crippen LogP) is 6.28. The molecule has 0 unspecified atom stereocenters. The van der Waals surface area contributed by atoms with Crippen molar-refractivity contribution in [2.24, 2.45) is 0 Å². The Morgan fingerprint density at radius 2 is 1.57 bits per heavy atom. The van der Waals surface area contributed by atoms with E-state index in [-0.39, 0.29) is 16.3 Å². The maximum absolute atomic E-state index is 13.7. The van der Waals surface area contributed by atoms with E-state index in [1.807, 2.05) is 25.1 Å². The molecule has 0 atom stereocenters. The standard InChI is InChI=1S/C28H25ClN2O5S/c1-20-12-15-23(16-13-20)37(33,34)31(25-18-21(29)14-17-27(25)35-2)19-28(32)30-24-10-6-7-11-26(24)36-22-8-4-3-5-9-22/h3-18H,19H2,1-2H3,(H,30,32). The molecule has 0 aromatic heterocycles. The van der Waals surface area contributed by atoms with Gasteiger partial charge in [-0.05, 0) is 61.5 Å². The Labute approximate surface area is 221 Å². The van der Waals surface area contributed by atoms with E-state index in [0.717, 1.165) is 9.87 Å². The quantitative estimate of drug-likeness (QED) is 0.272. The van der Waals surface area contributed by atoms with Gasteiger partial charge in [-0.25, -0.2) is 8.42 Å². The molecule has 9 heteroatoms. The third-order valence-electron chi connectivity index (χ3n) is 5.44. The van der Waals surface area contributed by atoms with Crippen molar-refractivity contribution in [2.75, 3.05) is 23.3 Å². The number of ether oxygens (including phenoxy) is 2. The van der Waals surface area contributed by atoms with Crippen LogP contribution in [-0.2, 0) is 14.8 Å². The number of para-hydroxylation sites is 3. The predicted molar refractivity (Wildman–Crippen MR) is 145 cm³/mol. The Morgan fingerprint density at radius 3 is 2.27 bits per heavy atom. The number of halogens is 1. The van der Waals surface area contributed by atoms with Crippen LogP contribution in [-0.4, -0.2) is 28.0 Å². The molecule has 0 radical (unpaired) electrons. The lowest BCUT2D eigenvalue weighted by atomic mass is 10.2. The highest BCUT2D eigenvalue weighted by atomic mass is 35.5. The number of aryl methyl sites for hydroxylation is 1. The third-order valence-corrected chi connectivity index (χ3v) is 7.45. The Morgan fingerprint density at radius 1 is 0.892 bits per heavy atom. The van der Waals surface area contributed by atoms with Crippen molar-refractivity contribution >= 4 is 38.9 Å². The van der Waals surface area contributed by atoms with Gasteiger partial charge in [-0.1, -0.05) is 59.6 Å². The van der Waals surface area contributed by atoms with Gasteiger partial charge >= 0.3 is 0 Å². The van der Waals surface area contributed by atoms with Gasteiger partial charge in [0, 0.05) is 5.02 Å². The summed E-state index contributed by atoms with van der Waals surface area (Å²) in [5.41, 5.74) is 1.43. The number of nitrogens with zero attached hydrogens (tertiary/aromatic N) is 1. The lowest BCUT2D eigenvalue weighted by molar-refractivity contribution is -0.114. The molecule has 0 fully saturated rings. The van der Waals surface area contributed by atoms with Crippen LogP contribution < -0.4 is 19.1 Å². The van der Waals surface area contributed by atoms with E-state index in [1.165, 1.54) is 25.3 Å². The van der Waals surface area contributed by atoms with Crippen LogP contribution in [0.1, 0.15) is 5.56 Å². The summed E-state index contributed by atoms with van der Waals surface area (Å²) >= 11 is 6.20.